The number of rotatable bonds is 4. The Hall–Kier alpha value is -3.54. The number of nitrogens with one attached hydrogen (secondary N) is 2. The Morgan fingerprint density at radius 3 is 2.52 bits per heavy atom. The molecule has 3 rings (SSSR count). The van der Waals surface area contributed by atoms with Crippen molar-refractivity contribution >= 4 is 29.0 Å². The minimum Gasteiger partial charge on any atom is -0.267 e. The van der Waals surface area contributed by atoms with E-state index in [1.165, 1.54) is 0 Å². The second-order valence-electron chi connectivity index (χ2n) is 5.45. The minimum absolute atomic E-state index is 0.122. The average Bonchev–Trinajstić information content (AvgIpc) is 2.63. The van der Waals surface area contributed by atoms with E-state index in [-0.39, 0.29) is 11.3 Å². The molecular weight excluding hydrogens is 316 g/mol. The fraction of sp³-hybridized carbons (Fsp3) is 0.0526. The normalized spacial score (nSPS) is 11.8. The first kappa shape index (κ1) is 16.3. The number of hydrogen-bond acceptors (Lipinski definition) is 4. The summed E-state index contributed by atoms with van der Waals surface area (Å²) in [7, 11) is 0. The molecule has 0 atom stereocenters. The van der Waals surface area contributed by atoms with Crippen LogP contribution in [-0.4, -0.2) is 22.3 Å². The number of amides is 1. The number of fused-ring (bicyclic) bond motifs is 1. The summed E-state index contributed by atoms with van der Waals surface area (Å²) in [5.41, 5.74) is 4.15. The molecule has 0 radical (unpaired) electrons. The zero-order valence-corrected chi connectivity index (χ0v) is 13.6. The van der Waals surface area contributed by atoms with Gasteiger partial charge in [-0.1, -0.05) is 54.6 Å². The summed E-state index contributed by atoms with van der Waals surface area (Å²) in [5.74, 6) is -0.490. The first-order valence-electron chi connectivity index (χ1n) is 7.69. The predicted molar refractivity (Wildman–Crippen MR) is 98.4 cm³/mol. The summed E-state index contributed by atoms with van der Waals surface area (Å²) < 4.78 is 0. The summed E-state index contributed by atoms with van der Waals surface area (Å²) in [5, 5.41) is 11.0. The Balaban J connectivity index is 1.76. The Bertz CT molecular complexity index is 1020. The SMILES string of the molecule is CC(C=NNC(=O)c1n[nH]c(=O)c2ccccc12)=Cc1ccccc1. The molecule has 0 aliphatic rings. The van der Waals surface area contributed by atoms with Gasteiger partial charge in [0.15, 0.2) is 5.69 Å². The van der Waals surface area contributed by atoms with Crippen LogP contribution in [0.4, 0.5) is 0 Å². The van der Waals surface area contributed by atoms with Crippen LogP contribution in [0.25, 0.3) is 16.8 Å². The Labute approximate surface area is 143 Å². The van der Waals surface area contributed by atoms with Crippen molar-refractivity contribution in [3.8, 4) is 0 Å². The molecule has 0 bridgehead atoms. The maximum absolute atomic E-state index is 12.3. The Morgan fingerprint density at radius 1 is 1.08 bits per heavy atom. The number of nitrogens with zero attached hydrogens (tertiary/aromatic N) is 2. The molecule has 25 heavy (non-hydrogen) atoms. The van der Waals surface area contributed by atoms with Gasteiger partial charge < -0.3 is 0 Å². The van der Waals surface area contributed by atoms with Crippen LogP contribution in [0.15, 0.2) is 70.1 Å². The maximum atomic E-state index is 12.3. The highest BCUT2D eigenvalue weighted by atomic mass is 16.2. The van der Waals surface area contributed by atoms with Gasteiger partial charge in [-0.3, -0.25) is 9.59 Å². The number of allylic oxidation sites excluding steroid dienone is 1. The van der Waals surface area contributed by atoms with Gasteiger partial charge in [0.2, 0.25) is 0 Å². The third-order valence-corrected chi connectivity index (χ3v) is 3.54. The fourth-order valence-corrected chi connectivity index (χ4v) is 2.38. The molecule has 0 aliphatic carbocycles. The van der Waals surface area contributed by atoms with Crippen molar-refractivity contribution in [2.75, 3.05) is 0 Å². The van der Waals surface area contributed by atoms with Crippen LogP contribution in [0, 0.1) is 0 Å². The summed E-state index contributed by atoms with van der Waals surface area (Å²) in [6.45, 7) is 1.89. The van der Waals surface area contributed by atoms with Crippen LogP contribution >= 0.6 is 0 Å². The van der Waals surface area contributed by atoms with E-state index in [0.717, 1.165) is 11.1 Å². The molecule has 1 aromatic heterocycles. The molecule has 0 fully saturated rings. The molecule has 0 aliphatic heterocycles. The number of hydrogen-bond donors (Lipinski definition) is 2. The van der Waals surface area contributed by atoms with E-state index in [0.29, 0.717) is 10.8 Å². The number of benzene rings is 2. The molecule has 1 heterocycles. The smallest absolute Gasteiger partial charge is 0.267 e. The maximum Gasteiger partial charge on any atom is 0.292 e. The lowest BCUT2D eigenvalue weighted by Gasteiger charge is -2.03. The van der Waals surface area contributed by atoms with Crippen LogP contribution in [0.2, 0.25) is 0 Å². The van der Waals surface area contributed by atoms with Crippen molar-refractivity contribution in [2.24, 2.45) is 5.10 Å². The molecule has 0 unspecified atom stereocenters. The first-order valence-corrected chi connectivity index (χ1v) is 7.69. The molecule has 2 aromatic carbocycles. The van der Waals surface area contributed by atoms with E-state index in [9.17, 15) is 9.59 Å². The molecular formula is C19H16N4O2. The van der Waals surface area contributed by atoms with Gasteiger partial charge in [0.05, 0.1) is 11.6 Å². The number of carbonyl (C=O) groups is 1. The molecule has 0 saturated carbocycles. The van der Waals surface area contributed by atoms with Gasteiger partial charge in [0, 0.05) is 5.39 Å². The molecule has 2 N–H and O–H groups in total. The van der Waals surface area contributed by atoms with Gasteiger partial charge in [-0.05, 0) is 24.1 Å². The summed E-state index contributed by atoms with van der Waals surface area (Å²) >= 11 is 0. The zero-order valence-electron chi connectivity index (χ0n) is 13.6. The molecule has 0 spiro atoms. The van der Waals surface area contributed by atoms with Crippen molar-refractivity contribution < 1.29 is 4.79 Å². The van der Waals surface area contributed by atoms with Gasteiger partial charge in [-0.2, -0.15) is 10.2 Å². The van der Waals surface area contributed by atoms with Gasteiger partial charge in [0.1, 0.15) is 0 Å². The molecule has 0 saturated heterocycles. The van der Waals surface area contributed by atoms with Crippen molar-refractivity contribution in [3.63, 3.8) is 0 Å². The van der Waals surface area contributed by atoms with E-state index in [1.807, 2.05) is 43.3 Å². The number of carbonyl (C=O) groups excluding carboxylic acids is 1. The van der Waals surface area contributed by atoms with Crippen LogP contribution in [0.1, 0.15) is 23.0 Å². The third-order valence-electron chi connectivity index (χ3n) is 3.54. The minimum atomic E-state index is -0.490. The van der Waals surface area contributed by atoms with Crippen molar-refractivity contribution in [2.45, 2.75) is 6.92 Å². The fourth-order valence-electron chi connectivity index (χ4n) is 2.38. The van der Waals surface area contributed by atoms with Crippen LogP contribution in [-0.2, 0) is 0 Å². The van der Waals surface area contributed by atoms with Crippen LogP contribution < -0.4 is 11.0 Å². The molecule has 124 valence electrons. The highest BCUT2D eigenvalue weighted by molar-refractivity contribution is 6.04. The average molecular weight is 332 g/mol. The first-order chi connectivity index (χ1) is 12.1. The van der Waals surface area contributed by atoms with Gasteiger partial charge in [-0.25, -0.2) is 10.5 Å². The van der Waals surface area contributed by atoms with Crippen molar-refractivity contribution in [1.82, 2.24) is 15.6 Å². The lowest BCUT2D eigenvalue weighted by Crippen LogP contribution is -2.22. The number of hydrazone groups is 1. The Morgan fingerprint density at radius 2 is 1.76 bits per heavy atom. The summed E-state index contributed by atoms with van der Waals surface area (Å²) in [6, 6.07) is 16.6. The monoisotopic (exact) mass is 332 g/mol. The largest absolute Gasteiger partial charge is 0.292 e. The van der Waals surface area contributed by atoms with Gasteiger partial charge in [0.25, 0.3) is 11.5 Å². The van der Waals surface area contributed by atoms with Crippen molar-refractivity contribution in [1.29, 1.82) is 0 Å². The van der Waals surface area contributed by atoms with Crippen LogP contribution in [0.3, 0.4) is 0 Å². The Kier molecular flexibility index (Phi) is 4.80. The van der Waals surface area contributed by atoms with Crippen molar-refractivity contribution in [3.05, 3.63) is 81.8 Å². The number of H-pyrrole nitrogens is 1. The van der Waals surface area contributed by atoms with E-state index in [2.05, 4.69) is 20.7 Å². The lowest BCUT2D eigenvalue weighted by atomic mass is 10.1. The second kappa shape index (κ2) is 7.35. The number of aromatic nitrogens is 2. The molecule has 3 aromatic rings. The highest BCUT2D eigenvalue weighted by Crippen LogP contribution is 2.12. The molecule has 6 nitrogen and oxygen atoms in total. The predicted octanol–water partition coefficient (Wildman–Crippen LogP) is 2.74. The summed E-state index contributed by atoms with van der Waals surface area (Å²) in [6.07, 6.45) is 3.50. The summed E-state index contributed by atoms with van der Waals surface area (Å²) in [4.78, 5) is 24.0. The third kappa shape index (κ3) is 3.87. The van der Waals surface area contributed by atoms with Gasteiger partial charge >= 0.3 is 0 Å². The zero-order chi connectivity index (χ0) is 17.6. The topological polar surface area (TPSA) is 87.2 Å². The van der Waals surface area contributed by atoms with E-state index in [1.54, 1.807) is 30.5 Å². The second-order valence-corrected chi connectivity index (χ2v) is 5.45. The highest BCUT2D eigenvalue weighted by Gasteiger charge is 2.12. The van der Waals surface area contributed by atoms with E-state index < -0.39 is 5.91 Å². The van der Waals surface area contributed by atoms with E-state index in [4.69, 9.17) is 0 Å². The lowest BCUT2D eigenvalue weighted by molar-refractivity contribution is 0.0951. The van der Waals surface area contributed by atoms with Gasteiger partial charge in [-0.15, -0.1) is 0 Å². The standard InChI is InChI=1S/C19H16N4O2/c1-13(11-14-7-3-2-4-8-14)12-20-22-19(25)17-15-9-5-6-10-16(15)18(24)23-21-17/h2-12H,1H3,(H,22,25)(H,23,24). The quantitative estimate of drug-likeness (QED) is 0.569. The van der Waals surface area contributed by atoms with Crippen LogP contribution in [0.5, 0.6) is 0 Å². The number of aromatic amines is 1. The molecule has 6 heteroatoms. The molecule has 1 amide bonds. The van der Waals surface area contributed by atoms with E-state index >= 15 is 0 Å².